The quantitative estimate of drug-likeness (QED) is 0.438. The summed E-state index contributed by atoms with van der Waals surface area (Å²) in [5.41, 5.74) is -0.252. The van der Waals surface area contributed by atoms with Gasteiger partial charge in [-0.3, -0.25) is 25.0 Å². The summed E-state index contributed by atoms with van der Waals surface area (Å²) < 4.78 is 10.4. The number of nitro benzene ring substituents is 1. The van der Waals surface area contributed by atoms with Gasteiger partial charge in [-0.15, -0.1) is 0 Å². The van der Waals surface area contributed by atoms with Crippen molar-refractivity contribution < 1.29 is 28.8 Å². The lowest BCUT2D eigenvalue weighted by Gasteiger charge is -2.20. The Balaban J connectivity index is 2.00. The maximum Gasteiger partial charge on any atom is 0.412 e. The zero-order valence-corrected chi connectivity index (χ0v) is 18.1. The predicted molar refractivity (Wildman–Crippen MR) is 117 cm³/mol. The molecule has 11 heteroatoms. The topological polar surface area (TPSA) is 149 Å². The standard InChI is InChI=1S/C21H24N4O7/c1-21(2,3)32-20(28)24-16-11-14(8-9-17(16)31-4)23-18(26)12-22-19(27)13-6-5-7-15(10-13)25(29)30/h5-11H,12H2,1-4H3,(H,22,27)(H,23,26)(H,24,28). The number of rotatable bonds is 7. The average Bonchev–Trinajstić information content (AvgIpc) is 2.71. The predicted octanol–water partition coefficient (Wildman–Crippen LogP) is 3.32. The monoisotopic (exact) mass is 444 g/mol. The maximum atomic E-state index is 12.2. The molecule has 11 nitrogen and oxygen atoms in total. The highest BCUT2D eigenvalue weighted by Gasteiger charge is 2.18. The molecule has 0 spiro atoms. The van der Waals surface area contributed by atoms with Gasteiger partial charge in [0.25, 0.3) is 11.6 Å². The lowest BCUT2D eigenvalue weighted by molar-refractivity contribution is -0.384. The van der Waals surface area contributed by atoms with Crippen molar-refractivity contribution in [3.05, 3.63) is 58.1 Å². The summed E-state index contributed by atoms with van der Waals surface area (Å²) in [5.74, 6) is -0.823. The van der Waals surface area contributed by atoms with E-state index in [1.807, 2.05) is 0 Å². The molecule has 0 aliphatic carbocycles. The summed E-state index contributed by atoms with van der Waals surface area (Å²) in [5, 5.41) is 18.3. The summed E-state index contributed by atoms with van der Waals surface area (Å²) in [4.78, 5) is 46.6. The third-order valence-electron chi connectivity index (χ3n) is 3.85. The fourth-order valence-corrected chi connectivity index (χ4v) is 2.53. The second kappa shape index (κ2) is 10.2. The van der Waals surface area contributed by atoms with Crippen LogP contribution in [0.15, 0.2) is 42.5 Å². The van der Waals surface area contributed by atoms with Crippen LogP contribution in [0, 0.1) is 10.1 Å². The van der Waals surface area contributed by atoms with Gasteiger partial charge in [-0.2, -0.15) is 0 Å². The van der Waals surface area contributed by atoms with Crippen LogP contribution in [0.3, 0.4) is 0 Å². The van der Waals surface area contributed by atoms with E-state index < -0.39 is 28.4 Å². The molecule has 0 saturated carbocycles. The molecule has 0 aliphatic heterocycles. The molecule has 0 aromatic heterocycles. The molecule has 0 fully saturated rings. The Bertz CT molecular complexity index is 1030. The second-order valence-electron chi connectivity index (χ2n) is 7.58. The van der Waals surface area contributed by atoms with Crippen molar-refractivity contribution in [2.24, 2.45) is 0 Å². The van der Waals surface area contributed by atoms with Crippen molar-refractivity contribution in [1.29, 1.82) is 0 Å². The second-order valence-corrected chi connectivity index (χ2v) is 7.58. The van der Waals surface area contributed by atoms with Gasteiger partial charge in [0.15, 0.2) is 0 Å². The number of nitro groups is 1. The maximum absolute atomic E-state index is 12.2. The third kappa shape index (κ3) is 7.27. The highest BCUT2D eigenvalue weighted by Crippen LogP contribution is 2.28. The largest absolute Gasteiger partial charge is 0.495 e. The number of amides is 3. The first-order valence-electron chi connectivity index (χ1n) is 9.49. The van der Waals surface area contributed by atoms with E-state index in [2.05, 4.69) is 16.0 Å². The molecule has 2 aromatic carbocycles. The van der Waals surface area contributed by atoms with Crippen LogP contribution in [0.2, 0.25) is 0 Å². The summed E-state index contributed by atoms with van der Waals surface area (Å²) in [6.07, 6.45) is -0.691. The molecule has 3 amide bonds. The lowest BCUT2D eigenvalue weighted by atomic mass is 10.2. The summed E-state index contributed by atoms with van der Waals surface area (Å²) in [7, 11) is 1.43. The lowest BCUT2D eigenvalue weighted by Crippen LogP contribution is -2.32. The van der Waals surface area contributed by atoms with E-state index in [9.17, 15) is 24.5 Å². The van der Waals surface area contributed by atoms with Crippen LogP contribution in [-0.2, 0) is 9.53 Å². The smallest absolute Gasteiger partial charge is 0.412 e. The van der Waals surface area contributed by atoms with Crippen molar-refractivity contribution in [3.63, 3.8) is 0 Å². The van der Waals surface area contributed by atoms with E-state index in [0.717, 1.165) is 6.07 Å². The first-order valence-corrected chi connectivity index (χ1v) is 9.49. The van der Waals surface area contributed by atoms with Crippen LogP contribution in [-0.4, -0.2) is 42.1 Å². The zero-order chi connectivity index (χ0) is 23.9. The van der Waals surface area contributed by atoms with Crippen molar-refractivity contribution in [1.82, 2.24) is 5.32 Å². The minimum atomic E-state index is -0.694. The molecular formula is C21H24N4O7. The van der Waals surface area contributed by atoms with Gasteiger partial charge in [0, 0.05) is 23.4 Å². The molecule has 3 N–H and O–H groups in total. The van der Waals surface area contributed by atoms with Gasteiger partial charge >= 0.3 is 6.09 Å². The van der Waals surface area contributed by atoms with E-state index in [-0.39, 0.29) is 23.5 Å². The van der Waals surface area contributed by atoms with Gasteiger partial charge in [0.1, 0.15) is 11.4 Å². The number of hydrogen-bond acceptors (Lipinski definition) is 7. The number of benzene rings is 2. The Morgan fingerprint density at radius 1 is 1.06 bits per heavy atom. The number of nitrogens with zero attached hydrogens (tertiary/aromatic N) is 1. The van der Waals surface area contributed by atoms with E-state index in [4.69, 9.17) is 9.47 Å². The highest BCUT2D eigenvalue weighted by molar-refractivity contribution is 6.00. The summed E-state index contributed by atoms with van der Waals surface area (Å²) in [6.45, 7) is 4.80. The molecule has 0 saturated heterocycles. The van der Waals surface area contributed by atoms with Gasteiger partial charge in [-0.05, 0) is 45.0 Å². The number of anilines is 2. The Hall–Kier alpha value is -4.15. The molecule has 2 rings (SSSR count). The zero-order valence-electron chi connectivity index (χ0n) is 18.1. The third-order valence-corrected chi connectivity index (χ3v) is 3.85. The highest BCUT2D eigenvalue weighted by atomic mass is 16.6. The molecule has 0 radical (unpaired) electrons. The molecule has 0 bridgehead atoms. The summed E-state index contributed by atoms with van der Waals surface area (Å²) in [6, 6.07) is 9.73. The van der Waals surface area contributed by atoms with Gasteiger partial charge in [0.2, 0.25) is 5.91 Å². The first-order chi connectivity index (χ1) is 15.0. The Labute approximate surface area is 184 Å². The molecule has 0 aliphatic rings. The number of carbonyl (C=O) groups is 3. The van der Waals surface area contributed by atoms with E-state index in [0.29, 0.717) is 11.4 Å². The minimum absolute atomic E-state index is 0.0558. The van der Waals surface area contributed by atoms with E-state index in [1.54, 1.807) is 32.9 Å². The fourth-order valence-electron chi connectivity index (χ4n) is 2.53. The number of methoxy groups -OCH3 is 1. The molecule has 32 heavy (non-hydrogen) atoms. The number of hydrogen-bond donors (Lipinski definition) is 3. The van der Waals surface area contributed by atoms with Crippen molar-refractivity contribution in [2.75, 3.05) is 24.3 Å². The number of nitrogens with one attached hydrogen (secondary N) is 3. The average molecular weight is 444 g/mol. The molecular weight excluding hydrogens is 420 g/mol. The van der Waals surface area contributed by atoms with Gasteiger partial charge < -0.3 is 20.1 Å². The molecule has 2 aromatic rings. The van der Waals surface area contributed by atoms with Crippen LogP contribution in [0.5, 0.6) is 5.75 Å². The van der Waals surface area contributed by atoms with Gasteiger partial charge in [-0.25, -0.2) is 4.79 Å². The molecule has 170 valence electrons. The van der Waals surface area contributed by atoms with Crippen LogP contribution >= 0.6 is 0 Å². The molecule has 0 atom stereocenters. The van der Waals surface area contributed by atoms with Crippen LogP contribution < -0.4 is 20.7 Å². The molecule has 0 unspecified atom stereocenters. The van der Waals surface area contributed by atoms with Gasteiger partial charge in [-0.1, -0.05) is 6.07 Å². The van der Waals surface area contributed by atoms with Crippen LogP contribution in [0.25, 0.3) is 0 Å². The Kier molecular flexibility index (Phi) is 7.72. The fraction of sp³-hybridized carbons (Fsp3) is 0.286. The Morgan fingerprint density at radius 2 is 1.78 bits per heavy atom. The van der Waals surface area contributed by atoms with E-state index in [1.165, 1.54) is 31.4 Å². The van der Waals surface area contributed by atoms with Gasteiger partial charge in [0.05, 0.1) is 24.3 Å². The number of carbonyl (C=O) groups excluding carboxylic acids is 3. The molecule has 0 heterocycles. The SMILES string of the molecule is COc1ccc(NC(=O)CNC(=O)c2cccc([N+](=O)[O-])c2)cc1NC(=O)OC(C)(C)C. The van der Waals surface area contributed by atoms with Crippen molar-refractivity contribution >= 4 is 35.0 Å². The summed E-state index contributed by atoms with van der Waals surface area (Å²) >= 11 is 0. The van der Waals surface area contributed by atoms with Crippen molar-refractivity contribution in [2.45, 2.75) is 26.4 Å². The Morgan fingerprint density at radius 3 is 2.41 bits per heavy atom. The number of ether oxygens (including phenoxy) is 2. The minimum Gasteiger partial charge on any atom is -0.495 e. The normalized spacial score (nSPS) is 10.6. The number of non-ortho nitro benzene ring substituents is 1. The van der Waals surface area contributed by atoms with Crippen molar-refractivity contribution in [3.8, 4) is 5.75 Å². The van der Waals surface area contributed by atoms with Crippen LogP contribution in [0.1, 0.15) is 31.1 Å². The van der Waals surface area contributed by atoms with E-state index >= 15 is 0 Å². The van der Waals surface area contributed by atoms with Crippen LogP contribution in [0.4, 0.5) is 21.9 Å². The first kappa shape index (κ1) is 24.1.